The van der Waals surface area contributed by atoms with E-state index in [0.29, 0.717) is 11.6 Å². The summed E-state index contributed by atoms with van der Waals surface area (Å²) >= 11 is 5.97. The van der Waals surface area contributed by atoms with Gasteiger partial charge in [0.1, 0.15) is 5.82 Å². The monoisotopic (exact) mass is 318 g/mol. The van der Waals surface area contributed by atoms with Crippen molar-refractivity contribution in [3.05, 3.63) is 53.4 Å². The second kappa shape index (κ2) is 7.05. The van der Waals surface area contributed by atoms with Crippen molar-refractivity contribution in [3.63, 3.8) is 0 Å². The summed E-state index contributed by atoms with van der Waals surface area (Å²) in [6.07, 6.45) is 4.67. The number of aliphatic hydroxyl groups excluding tert-OH is 1. The third-order valence-corrected chi connectivity index (χ3v) is 4.15. The number of nitrogens with zero attached hydrogens (tertiary/aromatic N) is 4. The second-order valence-electron chi connectivity index (χ2n) is 5.42. The molecule has 0 radical (unpaired) electrons. The Morgan fingerprint density at radius 3 is 2.68 bits per heavy atom. The molecule has 0 bridgehead atoms. The molecule has 1 unspecified atom stereocenters. The number of rotatable bonds is 4. The third-order valence-electron chi connectivity index (χ3n) is 3.91. The molecule has 0 amide bonds. The lowest BCUT2D eigenvalue weighted by Crippen LogP contribution is -2.47. The molecule has 0 saturated carbocycles. The van der Waals surface area contributed by atoms with Crippen LogP contribution in [0.1, 0.15) is 11.7 Å². The molecular formula is C16H19ClN4O. The molecule has 1 aliphatic heterocycles. The first-order valence-corrected chi connectivity index (χ1v) is 7.77. The molecule has 22 heavy (non-hydrogen) atoms. The highest BCUT2D eigenvalue weighted by Crippen LogP contribution is 2.20. The number of hydrogen-bond donors (Lipinski definition) is 1. The van der Waals surface area contributed by atoms with Gasteiger partial charge in [0.05, 0.1) is 12.3 Å². The van der Waals surface area contributed by atoms with E-state index >= 15 is 0 Å². The lowest BCUT2D eigenvalue weighted by atomic mass is 10.1. The fourth-order valence-corrected chi connectivity index (χ4v) is 2.88. The smallest absolute Gasteiger partial charge is 0.147 e. The molecule has 6 heteroatoms. The van der Waals surface area contributed by atoms with Crippen molar-refractivity contribution in [2.75, 3.05) is 37.6 Å². The van der Waals surface area contributed by atoms with Crippen molar-refractivity contribution in [2.45, 2.75) is 6.10 Å². The van der Waals surface area contributed by atoms with E-state index in [1.54, 1.807) is 18.6 Å². The number of β-amino-alcohol motifs (C(OH)–C–C–N with tert-alkyl or cyclic N) is 1. The summed E-state index contributed by atoms with van der Waals surface area (Å²) in [5.74, 6) is 0.914. The van der Waals surface area contributed by atoms with Gasteiger partial charge in [0, 0.05) is 50.1 Å². The van der Waals surface area contributed by atoms with Crippen LogP contribution in [0.2, 0.25) is 5.02 Å². The van der Waals surface area contributed by atoms with E-state index in [4.69, 9.17) is 11.6 Å². The largest absolute Gasteiger partial charge is 0.387 e. The molecule has 0 aliphatic carbocycles. The number of aromatic nitrogens is 2. The van der Waals surface area contributed by atoms with Gasteiger partial charge in [0.2, 0.25) is 0 Å². The fraction of sp³-hybridized carbons (Fsp3) is 0.375. The normalized spacial score (nSPS) is 17.5. The summed E-state index contributed by atoms with van der Waals surface area (Å²) in [6, 6.07) is 7.42. The predicted octanol–water partition coefficient (Wildman–Crippen LogP) is 1.99. The van der Waals surface area contributed by atoms with Crippen molar-refractivity contribution in [3.8, 4) is 0 Å². The number of anilines is 1. The molecule has 2 aromatic rings. The maximum Gasteiger partial charge on any atom is 0.147 e. The van der Waals surface area contributed by atoms with Crippen molar-refractivity contribution in [1.29, 1.82) is 0 Å². The van der Waals surface area contributed by atoms with Gasteiger partial charge >= 0.3 is 0 Å². The Hall–Kier alpha value is -1.69. The van der Waals surface area contributed by atoms with Gasteiger partial charge in [-0.15, -0.1) is 0 Å². The minimum atomic E-state index is -0.512. The molecule has 0 spiro atoms. The van der Waals surface area contributed by atoms with E-state index in [2.05, 4.69) is 19.8 Å². The summed E-state index contributed by atoms with van der Waals surface area (Å²) in [5.41, 5.74) is 0.865. The number of aliphatic hydroxyl groups is 1. The standard InChI is InChI=1S/C16H19ClN4O/c17-14-3-1-2-13(10-14)15(22)12-20-6-8-21(9-7-20)16-11-18-4-5-19-16/h1-5,10-11,15,22H,6-9,12H2. The summed E-state index contributed by atoms with van der Waals surface area (Å²) in [6.45, 7) is 4.19. The van der Waals surface area contributed by atoms with Gasteiger partial charge in [-0.3, -0.25) is 9.88 Å². The Morgan fingerprint density at radius 2 is 2.00 bits per heavy atom. The van der Waals surface area contributed by atoms with Gasteiger partial charge in [0.25, 0.3) is 0 Å². The highest BCUT2D eigenvalue weighted by Gasteiger charge is 2.20. The van der Waals surface area contributed by atoms with Crippen LogP contribution >= 0.6 is 11.6 Å². The molecule has 3 rings (SSSR count). The summed E-state index contributed by atoms with van der Waals surface area (Å²) in [5, 5.41) is 11.0. The SMILES string of the molecule is OC(CN1CCN(c2cnccn2)CC1)c1cccc(Cl)c1. The lowest BCUT2D eigenvalue weighted by molar-refractivity contribution is 0.109. The number of halogens is 1. The zero-order valence-corrected chi connectivity index (χ0v) is 13.0. The van der Waals surface area contributed by atoms with E-state index in [-0.39, 0.29) is 0 Å². The van der Waals surface area contributed by atoms with Crippen LogP contribution in [0.4, 0.5) is 5.82 Å². The van der Waals surface area contributed by atoms with Crippen molar-refractivity contribution < 1.29 is 5.11 Å². The van der Waals surface area contributed by atoms with Crippen LogP contribution in [0.25, 0.3) is 0 Å². The molecular weight excluding hydrogens is 300 g/mol. The third kappa shape index (κ3) is 3.74. The minimum Gasteiger partial charge on any atom is -0.387 e. The molecule has 1 fully saturated rings. The average molecular weight is 319 g/mol. The van der Waals surface area contributed by atoms with E-state index in [1.807, 2.05) is 24.3 Å². The Labute approximate surface area is 135 Å². The van der Waals surface area contributed by atoms with E-state index in [0.717, 1.165) is 37.6 Å². The minimum absolute atomic E-state index is 0.512. The molecule has 2 heterocycles. The van der Waals surface area contributed by atoms with Gasteiger partial charge in [-0.1, -0.05) is 23.7 Å². The van der Waals surface area contributed by atoms with E-state index in [1.165, 1.54) is 0 Å². The van der Waals surface area contributed by atoms with Crippen molar-refractivity contribution in [1.82, 2.24) is 14.9 Å². The molecule has 116 valence electrons. The molecule has 1 N–H and O–H groups in total. The lowest BCUT2D eigenvalue weighted by Gasteiger charge is -2.36. The van der Waals surface area contributed by atoms with Gasteiger partial charge in [0.15, 0.2) is 0 Å². The average Bonchev–Trinajstić information content (AvgIpc) is 2.56. The number of benzene rings is 1. The first-order chi connectivity index (χ1) is 10.7. The maximum absolute atomic E-state index is 10.3. The van der Waals surface area contributed by atoms with Crippen LogP contribution in [0.5, 0.6) is 0 Å². The molecule has 1 aromatic heterocycles. The second-order valence-corrected chi connectivity index (χ2v) is 5.86. The zero-order chi connectivity index (χ0) is 15.4. The number of piperazine rings is 1. The Morgan fingerprint density at radius 1 is 1.18 bits per heavy atom. The molecule has 1 aliphatic rings. The van der Waals surface area contributed by atoms with E-state index < -0.39 is 6.10 Å². The van der Waals surface area contributed by atoms with Gasteiger partial charge < -0.3 is 10.0 Å². The van der Waals surface area contributed by atoms with Crippen LogP contribution < -0.4 is 4.90 Å². The van der Waals surface area contributed by atoms with Gasteiger partial charge in [-0.25, -0.2) is 4.98 Å². The first kappa shape index (κ1) is 15.2. The Kier molecular flexibility index (Phi) is 4.87. The van der Waals surface area contributed by atoms with Crippen LogP contribution in [-0.2, 0) is 0 Å². The summed E-state index contributed by atoms with van der Waals surface area (Å²) in [7, 11) is 0. The Balaban J connectivity index is 1.54. The number of hydrogen-bond acceptors (Lipinski definition) is 5. The summed E-state index contributed by atoms with van der Waals surface area (Å²) < 4.78 is 0. The topological polar surface area (TPSA) is 52.5 Å². The first-order valence-electron chi connectivity index (χ1n) is 7.39. The molecule has 5 nitrogen and oxygen atoms in total. The van der Waals surface area contributed by atoms with Crippen molar-refractivity contribution in [2.24, 2.45) is 0 Å². The van der Waals surface area contributed by atoms with Crippen LogP contribution in [-0.4, -0.2) is 52.7 Å². The van der Waals surface area contributed by atoms with Crippen LogP contribution in [0, 0.1) is 0 Å². The highest BCUT2D eigenvalue weighted by molar-refractivity contribution is 6.30. The van der Waals surface area contributed by atoms with Crippen molar-refractivity contribution >= 4 is 17.4 Å². The summed E-state index contributed by atoms with van der Waals surface area (Å²) in [4.78, 5) is 12.9. The molecule has 1 aromatic carbocycles. The van der Waals surface area contributed by atoms with Crippen LogP contribution in [0.3, 0.4) is 0 Å². The van der Waals surface area contributed by atoms with E-state index in [9.17, 15) is 5.11 Å². The van der Waals surface area contributed by atoms with Gasteiger partial charge in [-0.2, -0.15) is 0 Å². The Bertz CT molecular complexity index is 602. The maximum atomic E-state index is 10.3. The molecule has 1 saturated heterocycles. The quantitative estimate of drug-likeness (QED) is 0.934. The van der Waals surface area contributed by atoms with Gasteiger partial charge in [-0.05, 0) is 17.7 Å². The highest BCUT2D eigenvalue weighted by atomic mass is 35.5. The van der Waals surface area contributed by atoms with Crippen LogP contribution in [0.15, 0.2) is 42.9 Å². The molecule has 1 atom stereocenters. The predicted molar refractivity (Wildman–Crippen MR) is 87.1 cm³/mol. The zero-order valence-electron chi connectivity index (χ0n) is 12.3. The fourth-order valence-electron chi connectivity index (χ4n) is 2.68.